The van der Waals surface area contributed by atoms with Crippen molar-refractivity contribution < 1.29 is 9.53 Å². The SMILES string of the molecule is CC(C)(C)OC(=O)N1CCN(c2ccc(-n3c(=O)[nH]c4ccc(Cl)cc43)cc2)CC1. The summed E-state index contributed by atoms with van der Waals surface area (Å²) < 4.78 is 7.07. The Kier molecular flexibility index (Phi) is 5.24. The van der Waals surface area contributed by atoms with Crippen molar-refractivity contribution in [2.24, 2.45) is 0 Å². The summed E-state index contributed by atoms with van der Waals surface area (Å²) in [5.41, 5.74) is 2.61. The van der Waals surface area contributed by atoms with Crippen LogP contribution in [0, 0.1) is 0 Å². The van der Waals surface area contributed by atoms with Gasteiger partial charge < -0.3 is 19.5 Å². The standard InChI is InChI=1S/C22H25ClN4O3/c1-22(2,3)30-21(29)26-12-10-25(11-13-26)16-5-7-17(8-6-16)27-19-14-15(23)4-9-18(19)24-20(27)28/h4-9,14H,10-13H2,1-3H3,(H,24,28). The van der Waals surface area contributed by atoms with Gasteiger partial charge in [0, 0.05) is 36.9 Å². The molecule has 0 atom stereocenters. The largest absolute Gasteiger partial charge is 0.444 e. The Balaban J connectivity index is 1.48. The third-order valence-corrected chi connectivity index (χ3v) is 5.28. The molecule has 30 heavy (non-hydrogen) atoms. The van der Waals surface area contributed by atoms with Crippen molar-refractivity contribution in [3.8, 4) is 5.69 Å². The van der Waals surface area contributed by atoms with E-state index >= 15 is 0 Å². The molecular formula is C22H25ClN4O3. The van der Waals surface area contributed by atoms with Gasteiger partial charge in [0.2, 0.25) is 0 Å². The summed E-state index contributed by atoms with van der Waals surface area (Å²) in [5, 5.41) is 0.578. The summed E-state index contributed by atoms with van der Waals surface area (Å²) in [5.74, 6) is 0. The van der Waals surface area contributed by atoms with Gasteiger partial charge in [-0.25, -0.2) is 9.59 Å². The highest BCUT2D eigenvalue weighted by molar-refractivity contribution is 6.31. The molecule has 0 radical (unpaired) electrons. The third kappa shape index (κ3) is 4.16. The summed E-state index contributed by atoms with van der Waals surface area (Å²) in [6.45, 7) is 8.28. The molecule has 0 saturated carbocycles. The number of imidazole rings is 1. The van der Waals surface area contributed by atoms with E-state index in [1.54, 1.807) is 27.7 Å². The third-order valence-electron chi connectivity index (χ3n) is 5.05. The van der Waals surface area contributed by atoms with E-state index < -0.39 is 5.60 Å². The van der Waals surface area contributed by atoms with Gasteiger partial charge in [-0.05, 0) is 63.2 Å². The lowest BCUT2D eigenvalue weighted by atomic mass is 10.2. The number of carbonyl (C=O) groups excluding carboxylic acids is 1. The Bertz CT molecular complexity index is 1120. The second-order valence-electron chi connectivity index (χ2n) is 8.40. The first-order chi connectivity index (χ1) is 14.2. The van der Waals surface area contributed by atoms with Gasteiger partial charge in [0.05, 0.1) is 16.7 Å². The van der Waals surface area contributed by atoms with Gasteiger partial charge in [-0.3, -0.25) is 4.57 Å². The van der Waals surface area contributed by atoms with E-state index in [1.807, 2.05) is 45.0 Å². The molecule has 7 nitrogen and oxygen atoms in total. The number of piperazine rings is 1. The van der Waals surface area contributed by atoms with Crippen molar-refractivity contribution in [2.75, 3.05) is 31.1 Å². The smallest absolute Gasteiger partial charge is 0.410 e. The number of hydrogen-bond donors (Lipinski definition) is 1. The molecule has 1 fully saturated rings. The van der Waals surface area contributed by atoms with Gasteiger partial charge in [0.1, 0.15) is 5.60 Å². The number of benzene rings is 2. The van der Waals surface area contributed by atoms with Crippen LogP contribution < -0.4 is 10.6 Å². The first-order valence-corrected chi connectivity index (χ1v) is 10.3. The molecule has 3 aromatic rings. The van der Waals surface area contributed by atoms with Gasteiger partial charge in [0.25, 0.3) is 0 Å². The number of ether oxygens (including phenoxy) is 1. The number of H-pyrrole nitrogens is 1. The normalized spacial score (nSPS) is 14.9. The zero-order valence-corrected chi connectivity index (χ0v) is 18.1. The van der Waals surface area contributed by atoms with Crippen molar-refractivity contribution in [3.63, 3.8) is 0 Å². The average Bonchev–Trinajstić information content (AvgIpc) is 3.02. The fourth-order valence-electron chi connectivity index (χ4n) is 3.62. The van der Waals surface area contributed by atoms with Crippen molar-refractivity contribution in [2.45, 2.75) is 26.4 Å². The molecular weight excluding hydrogens is 404 g/mol. The Morgan fingerprint density at radius 3 is 2.27 bits per heavy atom. The molecule has 1 aromatic heterocycles. The number of carbonyl (C=O) groups is 1. The maximum Gasteiger partial charge on any atom is 0.410 e. The Morgan fingerprint density at radius 2 is 1.63 bits per heavy atom. The highest BCUT2D eigenvalue weighted by Gasteiger charge is 2.26. The lowest BCUT2D eigenvalue weighted by Gasteiger charge is -2.36. The van der Waals surface area contributed by atoms with Crippen LogP contribution >= 0.6 is 11.6 Å². The van der Waals surface area contributed by atoms with Crippen LogP contribution in [0.25, 0.3) is 16.7 Å². The zero-order valence-electron chi connectivity index (χ0n) is 17.3. The number of amides is 1. The number of rotatable bonds is 2. The van der Waals surface area contributed by atoms with E-state index in [2.05, 4.69) is 9.88 Å². The molecule has 0 spiro atoms. The van der Waals surface area contributed by atoms with Gasteiger partial charge in [-0.2, -0.15) is 0 Å². The van der Waals surface area contributed by atoms with Crippen LogP contribution in [-0.4, -0.2) is 52.3 Å². The van der Waals surface area contributed by atoms with E-state index in [4.69, 9.17) is 16.3 Å². The summed E-state index contributed by atoms with van der Waals surface area (Å²) in [7, 11) is 0. The van der Waals surface area contributed by atoms with E-state index in [9.17, 15) is 9.59 Å². The van der Waals surface area contributed by atoms with E-state index in [1.165, 1.54) is 0 Å². The molecule has 0 aliphatic carbocycles. The zero-order chi connectivity index (χ0) is 21.5. The number of aromatic amines is 1. The summed E-state index contributed by atoms with van der Waals surface area (Å²) >= 11 is 6.11. The summed E-state index contributed by atoms with van der Waals surface area (Å²) in [6.07, 6.45) is -0.269. The van der Waals surface area contributed by atoms with Gasteiger partial charge >= 0.3 is 11.8 Å². The number of nitrogens with zero attached hydrogens (tertiary/aromatic N) is 3. The topological polar surface area (TPSA) is 70.6 Å². The Morgan fingerprint density at radius 1 is 1.00 bits per heavy atom. The number of nitrogens with one attached hydrogen (secondary N) is 1. The summed E-state index contributed by atoms with van der Waals surface area (Å²) in [4.78, 5) is 31.5. The molecule has 0 unspecified atom stereocenters. The molecule has 1 amide bonds. The predicted molar refractivity (Wildman–Crippen MR) is 119 cm³/mol. The van der Waals surface area contributed by atoms with Crippen LogP contribution in [0.4, 0.5) is 10.5 Å². The highest BCUT2D eigenvalue weighted by Crippen LogP contribution is 2.23. The van der Waals surface area contributed by atoms with Crippen molar-refractivity contribution in [3.05, 3.63) is 58.0 Å². The van der Waals surface area contributed by atoms with Crippen molar-refractivity contribution in [1.29, 1.82) is 0 Å². The van der Waals surface area contributed by atoms with Crippen molar-refractivity contribution in [1.82, 2.24) is 14.5 Å². The molecule has 0 bridgehead atoms. The molecule has 158 valence electrons. The minimum atomic E-state index is -0.491. The quantitative estimate of drug-likeness (QED) is 0.669. The lowest BCUT2D eigenvalue weighted by Crippen LogP contribution is -2.50. The van der Waals surface area contributed by atoms with Crippen LogP contribution in [0.1, 0.15) is 20.8 Å². The molecule has 2 aromatic carbocycles. The number of aromatic nitrogens is 2. The molecule has 2 heterocycles. The second-order valence-corrected chi connectivity index (χ2v) is 8.83. The molecule has 1 aliphatic rings. The number of halogens is 1. The van der Waals surface area contributed by atoms with E-state index in [0.717, 1.165) is 35.5 Å². The first-order valence-electron chi connectivity index (χ1n) is 9.95. The van der Waals surface area contributed by atoms with Crippen LogP contribution in [0.15, 0.2) is 47.3 Å². The number of anilines is 1. The maximum atomic E-state index is 12.4. The number of hydrogen-bond acceptors (Lipinski definition) is 4. The van der Waals surface area contributed by atoms with E-state index in [0.29, 0.717) is 18.1 Å². The van der Waals surface area contributed by atoms with Gasteiger partial charge in [0.15, 0.2) is 0 Å². The van der Waals surface area contributed by atoms with Gasteiger partial charge in [-0.1, -0.05) is 11.6 Å². The first kappa shape index (κ1) is 20.3. The fraction of sp³-hybridized carbons (Fsp3) is 0.364. The van der Waals surface area contributed by atoms with Crippen LogP contribution in [-0.2, 0) is 4.74 Å². The highest BCUT2D eigenvalue weighted by atomic mass is 35.5. The summed E-state index contributed by atoms with van der Waals surface area (Å²) in [6, 6.07) is 13.2. The van der Waals surface area contributed by atoms with Crippen LogP contribution in [0.5, 0.6) is 0 Å². The molecule has 1 saturated heterocycles. The van der Waals surface area contributed by atoms with Crippen LogP contribution in [0.2, 0.25) is 5.02 Å². The number of fused-ring (bicyclic) bond motifs is 1. The molecule has 1 N–H and O–H groups in total. The average molecular weight is 429 g/mol. The second kappa shape index (κ2) is 7.72. The minimum absolute atomic E-state index is 0.203. The Hall–Kier alpha value is -2.93. The van der Waals surface area contributed by atoms with Crippen molar-refractivity contribution >= 4 is 34.4 Å². The molecule has 1 aliphatic heterocycles. The van der Waals surface area contributed by atoms with Gasteiger partial charge in [-0.15, -0.1) is 0 Å². The van der Waals surface area contributed by atoms with Crippen LogP contribution in [0.3, 0.4) is 0 Å². The molecule has 4 rings (SSSR count). The monoisotopic (exact) mass is 428 g/mol. The van der Waals surface area contributed by atoms with E-state index in [-0.39, 0.29) is 11.8 Å². The Labute approximate surface area is 179 Å². The fourth-order valence-corrected chi connectivity index (χ4v) is 3.78. The maximum absolute atomic E-state index is 12.4. The molecule has 8 heteroatoms. The predicted octanol–water partition coefficient (Wildman–Crippen LogP) is 4.03. The lowest BCUT2D eigenvalue weighted by molar-refractivity contribution is 0.0240. The minimum Gasteiger partial charge on any atom is -0.444 e.